The normalized spacial score (nSPS) is 10.6. The molecule has 0 atom stereocenters. The van der Waals surface area contributed by atoms with E-state index in [4.69, 9.17) is 5.73 Å². The molecule has 0 bridgehead atoms. The molecule has 3 rings (SSSR count). The van der Waals surface area contributed by atoms with E-state index >= 15 is 0 Å². The summed E-state index contributed by atoms with van der Waals surface area (Å²) < 4.78 is 0. The highest BCUT2D eigenvalue weighted by molar-refractivity contribution is 5.88. The number of pyridine rings is 1. The number of anilines is 1. The van der Waals surface area contributed by atoms with Crippen molar-refractivity contribution in [3.63, 3.8) is 0 Å². The smallest absolute Gasteiger partial charge is 0.317 e. The van der Waals surface area contributed by atoms with Crippen molar-refractivity contribution in [1.82, 2.24) is 15.0 Å². The van der Waals surface area contributed by atoms with E-state index in [2.05, 4.69) is 20.3 Å². The maximum absolute atomic E-state index is 10.9. The van der Waals surface area contributed by atoms with Crippen molar-refractivity contribution in [2.24, 2.45) is 5.73 Å². The number of carbonyl (C=O) groups excluding carboxylic acids is 1. The Kier molecular flexibility index (Phi) is 3.63. The summed E-state index contributed by atoms with van der Waals surface area (Å²) in [7, 11) is 0. The zero-order valence-electron chi connectivity index (χ0n) is 11.5. The van der Waals surface area contributed by atoms with E-state index in [1.807, 2.05) is 24.3 Å². The Bertz CT molecular complexity index is 850. The lowest BCUT2D eigenvalue weighted by atomic mass is 10.1. The average Bonchev–Trinajstić information content (AvgIpc) is 2.53. The molecule has 0 aliphatic carbocycles. The third-order valence-corrected chi connectivity index (χ3v) is 3.06. The van der Waals surface area contributed by atoms with Gasteiger partial charge in [-0.25, -0.2) is 14.8 Å². The predicted molar refractivity (Wildman–Crippen MR) is 81.9 cm³/mol. The first-order chi connectivity index (χ1) is 10.7. The SMILES string of the molecule is NC(=O)Nc1ccc2ncc(-c3cccc(CO)c3)nc2n1. The van der Waals surface area contributed by atoms with E-state index in [9.17, 15) is 9.90 Å². The second-order valence-electron chi connectivity index (χ2n) is 4.64. The number of nitrogens with zero attached hydrogens (tertiary/aromatic N) is 3. The third kappa shape index (κ3) is 2.84. The quantitative estimate of drug-likeness (QED) is 0.680. The van der Waals surface area contributed by atoms with Gasteiger partial charge >= 0.3 is 6.03 Å². The van der Waals surface area contributed by atoms with E-state index < -0.39 is 6.03 Å². The van der Waals surface area contributed by atoms with Crippen LogP contribution in [0.2, 0.25) is 0 Å². The Morgan fingerprint density at radius 1 is 1.23 bits per heavy atom. The Labute approximate surface area is 125 Å². The number of primary amides is 1. The van der Waals surface area contributed by atoms with Gasteiger partial charge in [0.15, 0.2) is 5.65 Å². The fourth-order valence-electron chi connectivity index (χ4n) is 2.06. The highest BCUT2D eigenvalue weighted by Crippen LogP contribution is 2.20. The summed E-state index contributed by atoms with van der Waals surface area (Å²) in [5.74, 6) is 0.315. The molecule has 2 aromatic heterocycles. The Balaban J connectivity index is 2.05. The van der Waals surface area contributed by atoms with Gasteiger partial charge < -0.3 is 10.8 Å². The van der Waals surface area contributed by atoms with Crippen molar-refractivity contribution in [2.75, 3.05) is 5.32 Å². The molecule has 0 fully saturated rings. The van der Waals surface area contributed by atoms with Gasteiger partial charge in [-0.15, -0.1) is 0 Å². The van der Waals surface area contributed by atoms with Gasteiger partial charge in [-0.2, -0.15) is 0 Å². The molecular weight excluding hydrogens is 282 g/mol. The molecule has 7 heteroatoms. The van der Waals surface area contributed by atoms with Crippen LogP contribution in [-0.2, 0) is 6.61 Å². The number of fused-ring (bicyclic) bond motifs is 1. The molecule has 2 amide bonds. The summed E-state index contributed by atoms with van der Waals surface area (Å²) in [5.41, 5.74) is 8.33. The van der Waals surface area contributed by atoms with Crippen molar-refractivity contribution in [3.05, 3.63) is 48.2 Å². The minimum Gasteiger partial charge on any atom is -0.392 e. The highest BCUT2D eigenvalue weighted by atomic mass is 16.3. The van der Waals surface area contributed by atoms with Crippen molar-refractivity contribution >= 4 is 23.0 Å². The number of benzene rings is 1. The zero-order chi connectivity index (χ0) is 15.5. The van der Waals surface area contributed by atoms with Crippen molar-refractivity contribution in [1.29, 1.82) is 0 Å². The molecule has 0 saturated carbocycles. The van der Waals surface area contributed by atoms with Gasteiger partial charge in [-0.05, 0) is 23.8 Å². The number of aromatic nitrogens is 3. The molecule has 0 saturated heterocycles. The molecule has 2 heterocycles. The molecule has 0 aliphatic heterocycles. The number of amides is 2. The Morgan fingerprint density at radius 2 is 2.09 bits per heavy atom. The van der Waals surface area contributed by atoms with Crippen LogP contribution in [-0.4, -0.2) is 26.1 Å². The Morgan fingerprint density at radius 3 is 2.86 bits per heavy atom. The third-order valence-electron chi connectivity index (χ3n) is 3.06. The molecule has 22 heavy (non-hydrogen) atoms. The van der Waals surface area contributed by atoms with Crippen LogP contribution in [0.1, 0.15) is 5.56 Å². The molecule has 0 unspecified atom stereocenters. The predicted octanol–water partition coefficient (Wildman–Crippen LogP) is 1.67. The lowest BCUT2D eigenvalue weighted by Crippen LogP contribution is -2.20. The van der Waals surface area contributed by atoms with Gasteiger partial charge in [0.05, 0.1) is 18.5 Å². The summed E-state index contributed by atoms with van der Waals surface area (Å²) >= 11 is 0. The fraction of sp³-hybridized carbons (Fsp3) is 0.0667. The zero-order valence-corrected chi connectivity index (χ0v) is 11.5. The molecule has 4 N–H and O–H groups in total. The van der Waals surface area contributed by atoms with E-state index in [1.54, 1.807) is 18.3 Å². The summed E-state index contributed by atoms with van der Waals surface area (Å²) in [6, 6.07) is 9.99. The van der Waals surface area contributed by atoms with Gasteiger partial charge in [-0.3, -0.25) is 10.3 Å². The number of hydrogen-bond acceptors (Lipinski definition) is 5. The summed E-state index contributed by atoms with van der Waals surface area (Å²) in [6.07, 6.45) is 1.64. The molecule has 3 aromatic rings. The van der Waals surface area contributed by atoms with Crippen LogP contribution in [0.15, 0.2) is 42.6 Å². The maximum atomic E-state index is 10.9. The van der Waals surface area contributed by atoms with Crippen molar-refractivity contribution < 1.29 is 9.90 Å². The fourth-order valence-corrected chi connectivity index (χ4v) is 2.06. The molecule has 1 aromatic carbocycles. The number of aliphatic hydroxyl groups excluding tert-OH is 1. The van der Waals surface area contributed by atoms with E-state index in [-0.39, 0.29) is 6.61 Å². The van der Waals surface area contributed by atoms with Crippen molar-refractivity contribution in [2.45, 2.75) is 6.61 Å². The number of urea groups is 1. The van der Waals surface area contributed by atoms with Crippen LogP contribution < -0.4 is 11.1 Å². The van der Waals surface area contributed by atoms with Gasteiger partial charge in [0.25, 0.3) is 0 Å². The number of hydrogen-bond donors (Lipinski definition) is 3. The lowest BCUT2D eigenvalue weighted by molar-refractivity contribution is 0.259. The monoisotopic (exact) mass is 295 g/mol. The Hall–Kier alpha value is -3.06. The summed E-state index contributed by atoms with van der Waals surface area (Å²) in [6.45, 7) is -0.0419. The lowest BCUT2D eigenvalue weighted by Gasteiger charge is -2.05. The average molecular weight is 295 g/mol. The minimum atomic E-state index is -0.688. The first-order valence-electron chi connectivity index (χ1n) is 6.56. The number of aliphatic hydroxyl groups is 1. The number of nitrogens with one attached hydrogen (secondary N) is 1. The highest BCUT2D eigenvalue weighted by Gasteiger charge is 2.06. The van der Waals surface area contributed by atoms with E-state index in [1.165, 1.54) is 0 Å². The summed E-state index contributed by atoms with van der Waals surface area (Å²) in [4.78, 5) is 23.8. The number of rotatable bonds is 3. The maximum Gasteiger partial charge on any atom is 0.317 e. The minimum absolute atomic E-state index is 0.0419. The van der Waals surface area contributed by atoms with Crippen LogP contribution in [0.3, 0.4) is 0 Å². The van der Waals surface area contributed by atoms with Crippen molar-refractivity contribution in [3.8, 4) is 11.3 Å². The molecule has 0 radical (unpaired) electrons. The topological polar surface area (TPSA) is 114 Å². The molecule has 7 nitrogen and oxygen atoms in total. The van der Waals surface area contributed by atoms with Crippen LogP contribution in [0, 0.1) is 0 Å². The van der Waals surface area contributed by atoms with Gasteiger partial charge in [0, 0.05) is 5.56 Å². The molecule has 0 spiro atoms. The van der Waals surface area contributed by atoms with Crippen LogP contribution >= 0.6 is 0 Å². The largest absolute Gasteiger partial charge is 0.392 e. The van der Waals surface area contributed by atoms with E-state index in [0.29, 0.717) is 22.7 Å². The summed E-state index contributed by atoms with van der Waals surface area (Å²) in [5, 5.41) is 11.6. The first-order valence-corrected chi connectivity index (χ1v) is 6.56. The van der Waals surface area contributed by atoms with Crippen LogP contribution in [0.25, 0.3) is 22.4 Å². The first kappa shape index (κ1) is 13.9. The molecule has 0 aliphatic rings. The van der Waals surface area contributed by atoms with Gasteiger partial charge in [0.2, 0.25) is 0 Å². The second kappa shape index (κ2) is 5.74. The van der Waals surface area contributed by atoms with Crippen LogP contribution in [0.5, 0.6) is 0 Å². The van der Waals surface area contributed by atoms with Crippen LogP contribution in [0.4, 0.5) is 10.6 Å². The second-order valence-corrected chi connectivity index (χ2v) is 4.64. The molecule has 110 valence electrons. The number of nitrogens with two attached hydrogens (primary N) is 1. The van der Waals surface area contributed by atoms with Gasteiger partial charge in [0.1, 0.15) is 11.3 Å². The molecular formula is C15H13N5O2. The number of carbonyl (C=O) groups is 1. The van der Waals surface area contributed by atoms with Gasteiger partial charge in [-0.1, -0.05) is 18.2 Å². The van der Waals surface area contributed by atoms with E-state index in [0.717, 1.165) is 11.1 Å². The standard InChI is InChI=1S/C15H13N5O2/c16-15(22)20-13-5-4-11-14(19-13)18-12(7-17-11)10-3-1-2-9(6-10)8-21/h1-7,21H,8H2,(H3,16,18,19,20,22).